The average Bonchev–Trinajstić information content (AvgIpc) is 2.54. The molecule has 0 saturated carbocycles. The fourth-order valence-electron chi connectivity index (χ4n) is 2.56. The van der Waals surface area contributed by atoms with E-state index >= 15 is 0 Å². The van der Waals surface area contributed by atoms with Crippen molar-refractivity contribution in [2.75, 3.05) is 0 Å². The lowest BCUT2D eigenvalue weighted by Crippen LogP contribution is -2.12. The molecule has 2 rings (SSSR count). The molecule has 0 heterocycles. The third kappa shape index (κ3) is 3.24. The Hall–Kier alpha value is 0.732. The van der Waals surface area contributed by atoms with Gasteiger partial charge in [-0.25, -0.2) is 0 Å². The molecule has 0 aromatic heterocycles. The molecule has 0 fully saturated rings. The summed E-state index contributed by atoms with van der Waals surface area (Å²) in [7, 11) is -2.39. The predicted molar refractivity (Wildman–Crippen MR) is 90.3 cm³/mol. The van der Waals surface area contributed by atoms with Gasteiger partial charge in [0, 0.05) is 11.5 Å². The molecule has 1 aromatic rings. The maximum Gasteiger partial charge on any atom is 0.615 e. The predicted octanol–water partition coefficient (Wildman–Crippen LogP) is 5.95. The van der Waals surface area contributed by atoms with E-state index in [1.54, 1.807) is 0 Å². The normalized spacial score (nSPS) is 19.1. The van der Waals surface area contributed by atoms with Crippen LogP contribution in [0.4, 0.5) is 0 Å². The molecular weight excluding hydrogens is 439 g/mol. The number of allylic oxidation sites excluding steroid dienone is 1. The van der Waals surface area contributed by atoms with E-state index in [9.17, 15) is 0 Å². The van der Waals surface area contributed by atoms with Gasteiger partial charge in [-0.15, -0.1) is 0 Å². The van der Waals surface area contributed by atoms with Crippen LogP contribution >= 0.6 is 42.2 Å². The summed E-state index contributed by atoms with van der Waals surface area (Å²) in [6.07, 6.45) is 2.37. The maximum absolute atomic E-state index is 6.11. The van der Waals surface area contributed by atoms with Crippen LogP contribution in [0.15, 0.2) is 29.8 Å². The molecule has 1 aliphatic rings. The monoisotopic (exact) mass is 451 g/mol. The molecule has 0 N–H and O–H groups in total. The second-order valence-corrected chi connectivity index (χ2v) is 28.5. The lowest BCUT2D eigenvalue weighted by molar-refractivity contribution is 0.554. The SMILES string of the molecule is CCCC1C(C)=C([O][Al-]([Br])([Br])[Br])c2ccccc21. The van der Waals surface area contributed by atoms with Gasteiger partial charge in [0.2, 0.25) is 0 Å². The zero-order chi connectivity index (χ0) is 13.3. The molecule has 5 heteroatoms. The summed E-state index contributed by atoms with van der Waals surface area (Å²) in [4.78, 5) is 0. The van der Waals surface area contributed by atoms with Crippen molar-refractivity contribution in [2.45, 2.75) is 32.6 Å². The highest BCUT2D eigenvalue weighted by Gasteiger charge is 2.32. The summed E-state index contributed by atoms with van der Waals surface area (Å²) in [5.41, 5.74) is 4.00. The first-order valence-corrected chi connectivity index (χ1v) is 16.1. The van der Waals surface area contributed by atoms with E-state index in [1.165, 1.54) is 29.5 Å². The smallest absolute Gasteiger partial charge is 0.615 e. The summed E-state index contributed by atoms with van der Waals surface area (Å²) < 4.78 is 6.11. The summed E-state index contributed by atoms with van der Waals surface area (Å²) in [6.45, 7) is 4.42. The Morgan fingerprint density at radius 3 is 2.50 bits per heavy atom. The van der Waals surface area contributed by atoms with Crippen molar-refractivity contribution >= 4 is 55.8 Å². The minimum atomic E-state index is -2.39. The third-order valence-corrected chi connectivity index (χ3v) is 5.48. The highest BCUT2D eigenvalue weighted by molar-refractivity contribution is 9.71. The van der Waals surface area contributed by atoms with E-state index in [4.69, 9.17) is 3.79 Å². The molecule has 1 unspecified atom stereocenters. The molecule has 0 radical (unpaired) electrons. The van der Waals surface area contributed by atoms with Crippen LogP contribution in [0.1, 0.15) is 43.7 Å². The molecule has 0 bridgehead atoms. The van der Waals surface area contributed by atoms with Crippen LogP contribution in [0.2, 0.25) is 0 Å². The van der Waals surface area contributed by atoms with Gasteiger partial charge in [0.25, 0.3) is 0 Å². The Kier molecular flexibility index (Phi) is 5.05. The fraction of sp³-hybridized carbons (Fsp3) is 0.385. The summed E-state index contributed by atoms with van der Waals surface area (Å²) in [5.74, 6) is 1.55. The van der Waals surface area contributed by atoms with Gasteiger partial charge in [-0.3, -0.25) is 0 Å². The highest BCUT2D eigenvalue weighted by Crippen LogP contribution is 2.47. The molecule has 0 aliphatic heterocycles. The van der Waals surface area contributed by atoms with Gasteiger partial charge < -0.3 is 45.9 Å². The number of hydrogen-bond donors (Lipinski definition) is 0. The average molecular weight is 454 g/mol. The van der Waals surface area contributed by atoms with E-state index in [0.29, 0.717) is 5.92 Å². The van der Waals surface area contributed by atoms with Crippen LogP contribution in [0.25, 0.3) is 5.76 Å². The van der Waals surface area contributed by atoms with Crippen molar-refractivity contribution < 1.29 is 3.79 Å². The lowest BCUT2D eigenvalue weighted by Gasteiger charge is -2.26. The standard InChI is InChI=1S/C13H16O.Al.3BrH/c1-3-6-10-9(2)13(14)12-8-5-4-7-11(10)12;;;;/h4-5,7-8,10,14H,3,6H2,1-2H3;;3*1H/q;+3;;;/p-4. The maximum atomic E-state index is 6.11. The van der Waals surface area contributed by atoms with Crippen LogP contribution in [0.5, 0.6) is 0 Å². The molecule has 0 spiro atoms. The van der Waals surface area contributed by atoms with E-state index in [-0.39, 0.29) is 0 Å². The van der Waals surface area contributed by atoms with Gasteiger partial charge >= 0.3 is 7.93 Å². The number of halogens is 3. The van der Waals surface area contributed by atoms with Gasteiger partial charge in [-0.2, -0.15) is 0 Å². The van der Waals surface area contributed by atoms with Crippen molar-refractivity contribution in [1.82, 2.24) is 0 Å². The van der Waals surface area contributed by atoms with E-state index in [1.807, 2.05) is 0 Å². The first kappa shape index (κ1) is 15.1. The van der Waals surface area contributed by atoms with Gasteiger partial charge in [0.15, 0.2) is 0 Å². The Bertz CT molecular complexity index is 479. The minimum absolute atomic E-state index is 0.509. The van der Waals surface area contributed by atoms with Gasteiger partial charge in [0.1, 0.15) is 0 Å². The molecule has 18 heavy (non-hydrogen) atoms. The number of rotatable bonds is 4. The van der Waals surface area contributed by atoms with Crippen LogP contribution in [0.3, 0.4) is 0 Å². The van der Waals surface area contributed by atoms with Crippen molar-refractivity contribution in [3.63, 3.8) is 0 Å². The van der Waals surface area contributed by atoms with Crippen molar-refractivity contribution in [3.05, 3.63) is 41.0 Å². The third-order valence-electron chi connectivity index (χ3n) is 3.29. The molecule has 1 aromatic carbocycles. The molecule has 0 amide bonds. The van der Waals surface area contributed by atoms with Crippen molar-refractivity contribution in [1.29, 1.82) is 0 Å². The summed E-state index contributed by atoms with van der Waals surface area (Å²) >= 11 is 10.7. The first-order valence-electron chi connectivity index (χ1n) is 6.11. The quantitative estimate of drug-likeness (QED) is 0.512. The number of hydrogen-bond acceptors (Lipinski definition) is 1. The molecule has 1 aliphatic carbocycles. The first-order chi connectivity index (χ1) is 8.44. The van der Waals surface area contributed by atoms with E-state index in [0.717, 1.165) is 5.76 Å². The number of fused-ring (bicyclic) bond motifs is 1. The second-order valence-electron chi connectivity index (χ2n) is 4.57. The topological polar surface area (TPSA) is 9.23 Å². The van der Waals surface area contributed by atoms with Crippen LogP contribution < -0.4 is 0 Å². The van der Waals surface area contributed by atoms with E-state index < -0.39 is 7.93 Å². The van der Waals surface area contributed by atoms with Gasteiger partial charge in [0.05, 0.1) is 5.76 Å². The molecular formula is C13H15AlBr3O-. The Balaban J connectivity index is 2.43. The lowest BCUT2D eigenvalue weighted by atomic mass is 9.92. The second kappa shape index (κ2) is 6.01. The Morgan fingerprint density at radius 2 is 1.89 bits per heavy atom. The molecule has 0 saturated heterocycles. The summed E-state index contributed by atoms with van der Waals surface area (Å²) in [5, 5.41) is 0. The van der Waals surface area contributed by atoms with Gasteiger partial charge in [-0.05, 0) is 24.5 Å². The fourth-order valence-corrected chi connectivity index (χ4v) is 4.82. The Morgan fingerprint density at radius 1 is 1.22 bits per heavy atom. The van der Waals surface area contributed by atoms with Crippen molar-refractivity contribution in [3.8, 4) is 0 Å². The summed E-state index contributed by atoms with van der Waals surface area (Å²) in [6, 6.07) is 8.56. The van der Waals surface area contributed by atoms with Crippen LogP contribution in [-0.4, -0.2) is 7.93 Å². The molecule has 98 valence electrons. The zero-order valence-electron chi connectivity index (χ0n) is 10.4. The number of benzene rings is 1. The van der Waals surface area contributed by atoms with E-state index in [2.05, 4.69) is 80.3 Å². The van der Waals surface area contributed by atoms with Crippen LogP contribution in [-0.2, 0) is 3.79 Å². The molecule has 1 atom stereocenters. The molecule has 1 nitrogen and oxygen atoms in total. The zero-order valence-corrected chi connectivity index (χ0v) is 16.3. The van der Waals surface area contributed by atoms with Crippen LogP contribution in [0, 0.1) is 0 Å². The van der Waals surface area contributed by atoms with Crippen molar-refractivity contribution in [2.24, 2.45) is 0 Å². The largest absolute Gasteiger partial charge is 0.774 e. The Labute approximate surface area is 132 Å². The van der Waals surface area contributed by atoms with Gasteiger partial charge in [-0.1, -0.05) is 37.6 Å². The minimum Gasteiger partial charge on any atom is -0.774 e. The highest BCUT2D eigenvalue weighted by atomic mass is 80.0.